The molecular formula is C15H23N3O. The van der Waals surface area contributed by atoms with Crippen LogP contribution in [0.25, 0.3) is 0 Å². The summed E-state index contributed by atoms with van der Waals surface area (Å²) in [7, 11) is 0. The maximum Gasteiger partial charge on any atom is 0.126 e. The van der Waals surface area contributed by atoms with E-state index in [1.54, 1.807) is 0 Å². The van der Waals surface area contributed by atoms with E-state index in [1.807, 2.05) is 0 Å². The van der Waals surface area contributed by atoms with E-state index in [0.717, 1.165) is 45.0 Å². The summed E-state index contributed by atoms with van der Waals surface area (Å²) < 4.78 is 5.39. The van der Waals surface area contributed by atoms with Crippen LogP contribution in [0.3, 0.4) is 0 Å². The van der Waals surface area contributed by atoms with Gasteiger partial charge in [0, 0.05) is 37.4 Å². The maximum absolute atomic E-state index is 5.39. The van der Waals surface area contributed by atoms with Gasteiger partial charge in [0.25, 0.3) is 0 Å². The topological polar surface area (TPSA) is 46.2 Å². The summed E-state index contributed by atoms with van der Waals surface area (Å²) >= 11 is 0. The molecule has 1 atom stereocenters. The van der Waals surface area contributed by atoms with Crippen molar-refractivity contribution in [3.8, 4) is 0 Å². The third-order valence-corrected chi connectivity index (χ3v) is 4.06. The van der Waals surface area contributed by atoms with Gasteiger partial charge in [-0.15, -0.1) is 0 Å². The number of ether oxygens (including phenoxy) is 1. The first-order valence-corrected chi connectivity index (χ1v) is 7.44. The summed E-state index contributed by atoms with van der Waals surface area (Å²) in [4.78, 5) is 4.80. The summed E-state index contributed by atoms with van der Waals surface area (Å²) in [5, 5.41) is 7.01. The van der Waals surface area contributed by atoms with Crippen LogP contribution in [0.5, 0.6) is 0 Å². The molecule has 0 amide bonds. The molecule has 1 aromatic heterocycles. The summed E-state index contributed by atoms with van der Waals surface area (Å²) in [5.74, 6) is 1.60. The molecule has 4 heteroatoms. The number of nitrogens with zero attached hydrogens (tertiary/aromatic N) is 1. The van der Waals surface area contributed by atoms with E-state index in [2.05, 4.69) is 28.8 Å². The van der Waals surface area contributed by atoms with Gasteiger partial charge in [0.05, 0.1) is 0 Å². The van der Waals surface area contributed by atoms with Crippen LogP contribution < -0.4 is 10.6 Å². The maximum atomic E-state index is 5.39. The van der Waals surface area contributed by atoms with Gasteiger partial charge >= 0.3 is 0 Å². The van der Waals surface area contributed by atoms with E-state index < -0.39 is 0 Å². The molecule has 0 aromatic carbocycles. The molecule has 2 saturated heterocycles. The molecule has 0 radical (unpaired) electrons. The van der Waals surface area contributed by atoms with Crippen molar-refractivity contribution in [1.82, 2.24) is 10.3 Å². The van der Waals surface area contributed by atoms with Crippen LogP contribution in [0, 0.1) is 0 Å². The highest BCUT2D eigenvalue weighted by Crippen LogP contribution is 2.23. The van der Waals surface area contributed by atoms with Crippen molar-refractivity contribution in [2.24, 2.45) is 0 Å². The Balaban J connectivity index is 1.64. The highest BCUT2D eigenvalue weighted by atomic mass is 16.5. The number of anilines is 1. The van der Waals surface area contributed by atoms with E-state index in [-0.39, 0.29) is 0 Å². The van der Waals surface area contributed by atoms with Crippen molar-refractivity contribution in [1.29, 1.82) is 0 Å². The number of nitrogens with one attached hydrogen (secondary N) is 2. The van der Waals surface area contributed by atoms with Gasteiger partial charge in [-0.05, 0) is 44.4 Å². The molecule has 2 N–H and O–H groups in total. The third kappa shape index (κ3) is 3.45. The molecule has 104 valence electrons. The highest BCUT2D eigenvalue weighted by Gasteiger charge is 2.18. The fraction of sp³-hybridized carbons (Fsp3) is 0.667. The van der Waals surface area contributed by atoms with E-state index >= 15 is 0 Å². The molecular weight excluding hydrogens is 238 g/mol. The summed E-state index contributed by atoms with van der Waals surface area (Å²) in [6.07, 6.45) is 4.67. The number of aromatic nitrogens is 1. The first-order valence-electron chi connectivity index (χ1n) is 7.44. The molecule has 2 aliphatic rings. The predicted molar refractivity (Wildman–Crippen MR) is 76.5 cm³/mol. The minimum atomic E-state index is 0.515. The zero-order chi connectivity index (χ0) is 12.9. The van der Waals surface area contributed by atoms with Crippen LogP contribution in [0.4, 0.5) is 5.82 Å². The molecule has 0 spiro atoms. The minimum Gasteiger partial charge on any atom is -0.381 e. The fourth-order valence-electron chi connectivity index (χ4n) is 2.91. The van der Waals surface area contributed by atoms with E-state index in [0.29, 0.717) is 12.0 Å². The average Bonchev–Trinajstić information content (AvgIpc) is 2.49. The molecule has 2 aliphatic heterocycles. The summed E-state index contributed by atoms with van der Waals surface area (Å²) in [6.45, 7) is 3.94. The number of piperidine rings is 1. The Morgan fingerprint density at radius 3 is 2.89 bits per heavy atom. The van der Waals surface area contributed by atoms with Crippen LogP contribution in [0.1, 0.15) is 37.3 Å². The van der Waals surface area contributed by atoms with Crippen molar-refractivity contribution in [3.05, 3.63) is 23.9 Å². The average molecular weight is 261 g/mol. The molecule has 0 saturated carbocycles. The second kappa shape index (κ2) is 6.35. The van der Waals surface area contributed by atoms with Crippen LogP contribution in [0.15, 0.2) is 18.2 Å². The van der Waals surface area contributed by atoms with Gasteiger partial charge in [-0.2, -0.15) is 0 Å². The zero-order valence-corrected chi connectivity index (χ0v) is 11.4. The summed E-state index contributed by atoms with van der Waals surface area (Å²) in [5.41, 5.74) is 1.23. The van der Waals surface area contributed by atoms with E-state index in [1.165, 1.54) is 18.5 Å². The van der Waals surface area contributed by atoms with Crippen LogP contribution in [0.2, 0.25) is 0 Å². The number of pyridine rings is 1. The first-order chi connectivity index (χ1) is 9.42. The molecule has 1 aromatic rings. The number of hydrogen-bond acceptors (Lipinski definition) is 4. The van der Waals surface area contributed by atoms with E-state index in [9.17, 15) is 0 Å². The predicted octanol–water partition coefficient (Wildman–Crippen LogP) is 2.14. The lowest BCUT2D eigenvalue weighted by Gasteiger charge is -2.25. The van der Waals surface area contributed by atoms with Gasteiger partial charge in [-0.3, -0.25) is 0 Å². The second-order valence-corrected chi connectivity index (χ2v) is 5.52. The molecule has 1 unspecified atom stereocenters. The van der Waals surface area contributed by atoms with Gasteiger partial charge in [-0.1, -0.05) is 6.07 Å². The van der Waals surface area contributed by atoms with Crippen molar-refractivity contribution in [2.45, 2.75) is 37.6 Å². The standard InChI is InChI=1S/C15H23N3O/c1-4-14(12-3-2-8-16-11-12)18-15(5-1)17-13-6-9-19-10-7-13/h1,4-5,12-13,16H,2-3,6-11H2,(H,17,18). The van der Waals surface area contributed by atoms with Crippen molar-refractivity contribution in [3.63, 3.8) is 0 Å². The lowest BCUT2D eigenvalue weighted by Crippen LogP contribution is -2.30. The zero-order valence-electron chi connectivity index (χ0n) is 11.4. The quantitative estimate of drug-likeness (QED) is 0.875. The van der Waals surface area contributed by atoms with Crippen LogP contribution in [-0.4, -0.2) is 37.3 Å². The van der Waals surface area contributed by atoms with Crippen LogP contribution >= 0.6 is 0 Å². The van der Waals surface area contributed by atoms with Gasteiger partial charge in [-0.25, -0.2) is 4.98 Å². The summed E-state index contributed by atoms with van der Waals surface area (Å²) in [6, 6.07) is 6.88. The minimum absolute atomic E-state index is 0.515. The first kappa shape index (κ1) is 12.9. The molecule has 4 nitrogen and oxygen atoms in total. The van der Waals surface area contributed by atoms with Crippen LogP contribution in [-0.2, 0) is 4.74 Å². The fourth-order valence-corrected chi connectivity index (χ4v) is 2.91. The van der Waals surface area contributed by atoms with Gasteiger partial charge < -0.3 is 15.4 Å². The lowest BCUT2D eigenvalue weighted by molar-refractivity contribution is 0.0904. The SMILES string of the molecule is c1cc(NC2CCOCC2)nc(C2CCCNC2)c1. The molecule has 19 heavy (non-hydrogen) atoms. The molecule has 3 rings (SSSR count). The Hall–Kier alpha value is -1.13. The van der Waals surface area contributed by atoms with E-state index in [4.69, 9.17) is 9.72 Å². The molecule has 0 bridgehead atoms. The second-order valence-electron chi connectivity index (χ2n) is 5.52. The van der Waals surface area contributed by atoms with Crippen molar-refractivity contribution >= 4 is 5.82 Å². The molecule has 2 fully saturated rings. The Bertz CT molecular complexity index is 398. The van der Waals surface area contributed by atoms with Gasteiger partial charge in [0.15, 0.2) is 0 Å². The Morgan fingerprint density at radius 2 is 2.11 bits per heavy atom. The van der Waals surface area contributed by atoms with Gasteiger partial charge in [0.2, 0.25) is 0 Å². The largest absolute Gasteiger partial charge is 0.381 e. The normalized spacial score (nSPS) is 25.2. The Morgan fingerprint density at radius 1 is 1.21 bits per heavy atom. The molecule has 3 heterocycles. The molecule has 0 aliphatic carbocycles. The third-order valence-electron chi connectivity index (χ3n) is 4.06. The number of rotatable bonds is 3. The van der Waals surface area contributed by atoms with Gasteiger partial charge in [0.1, 0.15) is 5.82 Å². The number of hydrogen-bond donors (Lipinski definition) is 2. The highest BCUT2D eigenvalue weighted by molar-refractivity contribution is 5.37. The Kier molecular flexibility index (Phi) is 4.30. The smallest absolute Gasteiger partial charge is 0.126 e. The van der Waals surface area contributed by atoms with Crippen molar-refractivity contribution in [2.75, 3.05) is 31.6 Å². The lowest BCUT2D eigenvalue weighted by atomic mass is 9.96. The Labute approximate surface area is 115 Å². The monoisotopic (exact) mass is 261 g/mol. The van der Waals surface area contributed by atoms with Crippen molar-refractivity contribution < 1.29 is 4.74 Å².